The largest absolute Gasteiger partial charge is 0.507 e. The Kier molecular flexibility index (Phi) is 3.84. The predicted molar refractivity (Wildman–Crippen MR) is 88.7 cm³/mol. The number of aryl methyl sites for hydroxylation is 1. The Balaban J connectivity index is 2.03. The van der Waals surface area contributed by atoms with Crippen LogP contribution < -0.4 is 0 Å². The van der Waals surface area contributed by atoms with Crippen LogP contribution in [0.15, 0.2) is 53.6 Å². The number of rotatable bonds is 3. The molecule has 0 fully saturated rings. The van der Waals surface area contributed by atoms with Crippen molar-refractivity contribution in [1.82, 2.24) is 14.9 Å². The molecule has 0 saturated carbocycles. The van der Waals surface area contributed by atoms with Crippen molar-refractivity contribution < 1.29 is 5.11 Å². The number of nitrogens with one attached hydrogen (secondary N) is 1. The zero-order chi connectivity index (χ0) is 15.5. The number of nitrogens with zero attached hydrogens (tertiary/aromatic N) is 3. The van der Waals surface area contributed by atoms with Crippen molar-refractivity contribution in [2.75, 3.05) is 0 Å². The Hall–Kier alpha value is -2.73. The van der Waals surface area contributed by atoms with Crippen LogP contribution in [-0.4, -0.2) is 26.2 Å². The number of phenolic OH excluding ortho intramolecular Hbond substituents is 1. The summed E-state index contributed by atoms with van der Waals surface area (Å²) >= 11 is 5.22. The second-order valence-electron chi connectivity index (χ2n) is 4.84. The molecular formula is C16H14N4OS. The van der Waals surface area contributed by atoms with Gasteiger partial charge < -0.3 is 5.11 Å². The van der Waals surface area contributed by atoms with Crippen LogP contribution in [0.3, 0.4) is 0 Å². The van der Waals surface area contributed by atoms with Gasteiger partial charge >= 0.3 is 0 Å². The first-order chi connectivity index (χ1) is 10.6. The maximum Gasteiger partial charge on any atom is 0.216 e. The van der Waals surface area contributed by atoms with Crippen LogP contribution in [-0.2, 0) is 0 Å². The highest BCUT2D eigenvalue weighted by Crippen LogP contribution is 2.18. The molecule has 22 heavy (non-hydrogen) atoms. The topological polar surface area (TPSA) is 66.2 Å². The van der Waals surface area contributed by atoms with Crippen molar-refractivity contribution in [3.05, 3.63) is 64.4 Å². The smallest absolute Gasteiger partial charge is 0.216 e. The van der Waals surface area contributed by atoms with E-state index in [0.717, 1.165) is 11.1 Å². The first-order valence-electron chi connectivity index (χ1n) is 6.72. The number of hydrogen-bond donors (Lipinski definition) is 2. The molecule has 0 bridgehead atoms. The van der Waals surface area contributed by atoms with Gasteiger partial charge in [0.15, 0.2) is 5.82 Å². The number of hydrogen-bond acceptors (Lipinski definition) is 4. The summed E-state index contributed by atoms with van der Waals surface area (Å²) in [5.41, 5.74) is 2.57. The van der Waals surface area contributed by atoms with Gasteiger partial charge in [-0.2, -0.15) is 14.9 Å². The average molecular weight is 310 g/mol. The minimum absolute atomic E-state index is 0.172. The zero-order valence-corrected chi connectivity index (χ0v) is 12.7. The van der Waals surface area contributed by atoms with Gasteiger partial charge in [-0.1, -0.05) is 42.0 Å². The molecule has 0 amide bonds. The SMILES string of the molecule is Cc1ccc(O)c(/C=N/n2c(-c3ccccc3)n[nH]c2=S)c1. The monoisotopic (exact) mass is 310 g/mol. The molecule has 0 spiro atoms. The molecule has 2 N–H and O–H groups in total. The quantitative estimate of drug-likeness (QED) is 0.575. The summed E-state index contributed by atoms with van der Waals surface area (Å²) in [6, 6.07) is 15.0. The van der Waals surface area contributed by atoms with Gasteiger partial charge in [-0.05, 0) is 31.3 Å². The first kappa shape index (κ1) is 14.2. The molecule has 5 nitrogen and oxygen atoms in total. The predicted octanol–water partition coefficient (Wildman–Crippen LogP) is 3.50. The van der Waals surface area contributed by atoms with Gasteiger partial charge in [-0.25, -0.2) is 5.10 Å². The molecule has 0 atom stereocenters. The van der Waals surface area contributed by atoms with Crippen molar-refractivity contribution in [3.63, 3.8) is 0 Å². The van der Waals surface area contributed by atoms with Crippen LogP contribution in [0.5, 0.6) is 5.75 Å². The molecule has 1 aromatic heterocycles. The van der Waals surface area contributed by atoms with Gasteiger partial charge in [-0.3, -0.25) is 0 Å². The van der Waals surface area contributed by atoms with E-state index in [-0.39, 0.29) is 5.75 Å². The molecule has 2 aromatic carbocycles. The van der Waals surface area contributed by atoms with Crippen LogP contribution in [0.25, 0.3) is 11.4 Å². The molecule has 3 rings (SSSR count). The van der Waals surface area contributed by atoms with E-state index >= 15 is 0 Å². The van der Waals surface area contributed by atoms with E-state index in [1.807, 2.05) is 49.4 Å². The Morgan fingerprint density at radius 3 is 2.77 bits per heavy atom. The standard InChI is InChI=1S/C16H14N4OS/c1-11-7-8-14(21)13(9-11)10-17-20-15(18-19-16(20)22)12-5-3-2-4-6-12/h2-10,21H,1H3,(H,19,22)/b17-10+. The molecular weight excluding hydrogens is 296 g/mol. The Labute approximate surface area is 132 Å². The molecule has 3 aromatic rings. The lowest BCUT2D eigenvalue weighted by Gasteiger charge is -2.02. The average Bonchev–Trinajstić information content (AvgIpc) is 2.90. The maximum absolute atomic E-state index is 9.87. The summed E-state index contributed by atoms with van der Waals surface area (Å²) in [6.45, 7) is 1.95. The third-order valence-electron chi connectivity index (χ3n) is 3.18. The molecule has 6 heteroatoms. The minimum atomic E-state index is 0.172. The lowest BCUT2D eigenvalue weighted by Crippen LogP contribution is -1.95. The fraction of sp³-hybridized carbons (Fsp3) is 0.0625. The third kappa shape index (κ3) is 2.82. The summed E-state index contributed by atoms with van der Waals surface area (Å²) in [5, 5.41) is 21.2. The normalized spacial score (nSPS) is 11.1. The number of aromatic amines is 1. The summed E-state index contributed by atoms with van der Waals surface area (Å²) in [6.07, 6.45) is 1.57. The van der Waals surface area contributed by atoms with Crippen LogP contribution in [0.4, 0.5) is 0 Å². The lowest BCUT2D eigenvalue weighted by atomic mass is 10.1. The summed E-state index contributed by atoms with van der Waals surface area (Å²) in [5.74, 6) is 0.791. The van der Waals surface area contributed by atoms with Crippen molar-refractivity contribution in [3.8, 4) is 17.1 Å². The van der Waals surface area contributed by atoms with Gasteiger partial charge in [0.2, 0.25) is 4.77 Å². The second kappa shape index (κ2) is 5.95. The summed E-state index contributed by atoms with van der Waals surface area (Å²) in [7, 11) is 0. The number of H-pyrrole nitrogens is 1. The fourth-order valence-corrected chi connectivity index (χ4v) is 2.25. The zero-order valence-electron chi connectivity index (χ0n) is 11.9. The highest BCUT2D eigenvalue weighted by atomic mass is 32.1. The number of aromatic hydroxyl groups is 1. The van der Waals surface area contributed by atoms with Gasteiger partial charge in [0.25, 0.3) is 0 Å². The van der Waals surface area contributed by atoms with E-state index in [9.17, 15) is 5.11 Å². The summed E-state index contributed by atoms with van der Waals surface area (Å²) < 4.78 is 1.93. The van der Waals surface area contributed by atoms with Gasteiger partial charge in [0, 0.05) is 11.1 Å². The van der Waals surface area contributed by atoms with Gasteiger partial charge in [0.1, 0.15) is 5.75 Å². The third-order valence-corrected chi connectivity index (χ3v) is 3.44. The molecule has 0 aliphatic rings. The van der Waals surface area contributed by atoms with E-state index in [1.165, 1.54) is 4.68 Å². The Morgan fingerprint density at radius 2 is 2.00 bits per heavy atom. The van der Waals surface area contributed by atoms with Crippen molar-refractivity contribution >= 4 is 18.4 Å². The van der Waals surface area contributed by atoms with Crippen molar-refractivity contribution in [2.24, 2.45) is 5.10 Å². The van der Waals surface area contributed by atoms with E-state index in [1.54, 1.807) is 12.3 Å². The maximum atomic E-state index is 9.87. The second-order valence-corrected chi connectivity index (χ2v) is 5.22. The van der Waals surface area contributed by atoms with Crippen LogP contribution in [0.1, 0.15) is 11.1 Å². The molecule has 0 radical (unpaired) electrons. The van der Waals surface area contributed by atoms with Gasteiger partial charge in [0.05, 0.1) is 6.21 Å². The van der Waals surface area contributed by atoms with Crippen molar-refractivity contribution in [2.45, 2.75) is 6.92 Å². The lowest BCUT2D eigenvalue weighted by molar-refractivity contribution is 0.474. The number of phenols is 1. The van der Waals surface area contributed by atoms with Crippen LogP contribution >= 0.6 is 12.2 Å². The molecule has 110 valence electrons. The fourth-order valence-electron chi connectivity index (χ4n) is 2.07. The van der Waals surface area contributed by atoms with Gasteiger partial charge in [-0.15, -0.1) is 0 Å². The van der Waals surface area contributed by atoms with Crippen LogP contribution in [0.2, 0.25) is 0 Å². The number of aromatic nitrogens is 3. The highest BCUT2D eigenvalue weighted by molar-refractivity contribution is 7.71. The van der Waals surface area contributed by atoms with E-state index in [4.69, 9.17) is 12.2 Å². The molecule has 0 unspecified atom stereocenters. The first-order valence-corrected chi connectivity index (χ1v) is 7.13. The minimum Gasteiger partial charge on any atom is -0.507 e. The number of benzene rings is 2. The summed E-state index contributed by atoms with van der Waals surface area (Å²) in [4.78, 5) is 0. The van der Waals surface area contributed by atoms with Crippen molar-refractivity contribution in [1.29, 1.82) is 0 Å². The Morgan fingerprint density at radius 1 is 1.23 bits per heavy atom. The van der Waals surface area contributed by atoms with E-state index in [0.29, 0.717) is 16.2 Å². The Bertz CT molecular complexity index is 881. The molecule has 1 heterocycles. The highest BCUT2D eigenvalue weighted by Gasteiger charge is 2.07. The van der Waals surface area contributed by atoms with E-state index in [2.05, 4.69) is 15.3 Å². The molecule has 0 aliphatic heterocycles. The van der Waals surface area contributed by atoms with E-state index < -0.39 is 0 Å². The molecule has 0 saturated heterocycles. The van der Waals surface area contributed by atoms with Crippen LogP contribution in [0, 0.1) is 11.7 Å². The molecule has 0 aliphatic carbocycles.